The summed E-state index contributed by atoms with van der Waals surface area (Å²) >= 11 is 0. The highest BCUT2D eigenvalue weighted by atomic mass is 32.2. The third-order valence-corrected chi connectivity index (χ3v) is 5.19. The Morgan fingerprint density at radius 3 is 2.39 bits per heavy atom. The van der Waals surface area contributed by atoms with Crippen molar-refractivity contribution in [3.63, 3.8) is 0 Å². The predicted octanol–water partition coefficient (Wildman–Crippen LogP) is 1.87. The highest BCUT2D eigenvalue weighted by Gasteiger charge is 2.25. The molecule has 0 aromatic carbocycles. The van der Waals surface area contributed by atoms with Crippen molar-refractivity contribution in [2.75, 3.05) is 18.8 Å². The first kappa shape index (κ1) is 15.9. The van der Waals surface area contributed by atoms with Gasteiger partial charge >= 0.3 is 0 Å². The molecule has 0 aliphatic heterocycles. The van der Waals surface area contributed by atoms with Crippen molar-refractivity contribution in [3.05, 3.63) is 0 Å². The van der Waals surface area contributed by atoms with E-state index in [-0.39, 0.29) is 11.8 Å². The molecule has 1 atom stereocenters. The van der Waals surface area contributed by atoms with Crippen molar-refractivity contribution in [2.24, 2.45) is 5.92 Å². The first-order valence-corrected chi connectivity index (χ1v) is 8.95. The van der Waals surface area contributed by atoms with E-state index in [2.05, 4.69) is 17.0 Å². The van der Waals surface area contributed by atoms with Crippen LogP contribution in [0.25, 0.3) is 0 Å². The summed E-state index contributed by atoms with van der Waals surface area (Å²) < 4.78 is 26.8. The zero-order valence-electron chi connectivity index (χ0n) is 11.7. The molecule has 0 spiro atoms. The fraction of sp³-hybridized carbons (Fsp3) is 1.00. The van der Waals surface area contributed by atoms with Gasteiger partial charge in [0.1, 0.15) is 0 Å². The maximum Gasteiger partial charge on any atom is 0.213 e. The molecular weight excluding hydrogens is 248 g/mol. The van der Waals surface area contributed by atoms with Crippen LogP contribution in [0.3, 0.4) is 0 Å². The topological polar surface area (TPSA) is 58.2 Å². The number of hydrogen-bond donors (Lipinski definition) is 2. The fourth-order valence-electron chi connectivity index (χ4n) is 2.72. The zero-order valence-corrected chi connectivity index (χ0v) is 12.6. The van der Waals surface area contributed by atoms with Gasteiger partial charge in [-0.25, -0.2) is 13.1 Å². The lowest BCUT2D eigenvalue weighted by atomic mass is 9.83. The van der Waals surface area contributed by atoms with Gasteiger partial charge in [-0.15, -0.1) is 0 Å². The maximum atomic E-state index is 12.0. The second-order valence-electron chi connectivity index (χ2n) is 5.20. The van der Waals surface area contributed by atoms with Crippen LogP contribution in [0.5, 0.6) is 0 Å². The lowest BCUT2D eigenvalue weighted by Crippen LogP contribution is -2.43. The van der Waals surface area contributed by atoms with E-state index in [1.165, 1.54) is 32.1 Å². The second kappa shape index (κ2) is 8.12. The van der Waals surface area contributed by atoms with E-state index < -0.39 is 10.0 Å². The molecule has 0 amide bonds. The molecule has 0 bridgehead atoms. The smallest absolute Gasteiger partial charge is 0.213 e. The molecular formula is C13H28N2O2S. The lowest BCUT2D eigenvalue weighted by Gasteiger charge is -2.30. The minimum absolute atomic E-state index is 0.136. The van der Waals surface area contributed by atoms with Gasteiger partial charge in [0, 0.05) is 12.6 Å². The highest BCUT2D eigenvalue weighted by Crippen LogP contribution is 2.27. The summed E-state index contributed by atoms with van der Waals surface area (Å²) in [6.45, 7) is 5.41. The van der Waals surface area contributed by atoms with Gasteiger partial charge in [0.15, 0.2) is 0 Å². The zero-order chi connectivity index (χ0) is 13.4. The molecule has 1 fully saturated rings. The van der Waals surface area contributed by atoms with Crippen molar-refractivity contribution in [3.8, 4) is 0 Å². The monoisotopic (exact) mass is 276 g/mol. The van der Waals surface area contributed by atoms with Crippen LogP contribution in [0.1, 0.15) is 52.4 Å². The van der Waals surface area contributed by atoms with Gasteiger partial charge in [-0.2, -0.15) is 0 Å². The van der Waals surface area contributed by atoms with Gasteiger partial charge in [0.05, 0.1) is 5.75 Å². The van der Waals surface area contributed by atoms with Crippen LogP contribution in [0, 0.1) is 5.92 Å². The first-order chi connectivity index (χ1) is 8.59. The molecule has 0 aromatic heterocycles. The van der Waals surface area contributed by atoms with Gasteiger partial charge in [0.25, 0.3) is 0 Å². The van der Waals surface area contributed by atoms with Crippen molar-refractivity contribution >= 4 is 10.0 Å². The van der Waals surface area contributed by atoms with Gasteiger partial charge in [0.2, 0.25) is 10.0 Å². The summed E-state index contributed by atoms with van der Waals surface area (Å²) in [5, 5.41) is 3.06. The van der Waals surface area contributed by atoms with Gasteiger partial charge in [-0.05, 0) is 31.7 Å². The van der Waals surface area contributed by atoms with E-state index in [4.69, 9.17) is 0 Å². The Bertz CT molecular complexity index is 311. The molecule has 0 heterocycles. The minimum atomic E-state index is -3.13. The molecule has 1 aliphatic carbocycles. The minimum Gasteiger partial charge on any atom is -0.316 e. The summed E-state index contributed by atoms with van der Waals surface area (Å²) in [5.74, 6) is 0.724. The molecule has 0 saturated heterocycles. The van der Waals surface area contributed by atoms with Gasteiger partial charge < -0.3 is 5.32 Å². The summed E-state index contributed by atoms with van der Waals surface area (Å²) in [5.41, 5.74) is 0. The molecule has 1 rings (SSSR count). The SMILES string of the molecule is CCNCCS(=O)(=O)NC(CC)C1CCCCC1. The average molecular weight is 276 g/mol. The Balaban J connectivity index is 2.45. The van der Waals surface area contributed by atoms with Crippen LogP contribution >= 0.6 is 0 Å². The largest absolute Gasteiger partial charge is 0.316 e. The lowest BCUT2D eigenvalue weighted by molar-refractivity contribution is 0.285. The van der Waals surface area contributed by atoms with Crippen LogP contribution < -0.4 is 10.0 Å². The van der Waals surface area contributed by atoms with Crippen molar-refractivity contribution < 1.29 is 8.42 Å². The number of hydrogen-bond acceptors (Lipinski definition) is 3. The quantitative estimate of drug-likeness (QED) is 0.665. The Kier molecular flexibility index (Phi) is 7.19. The molecule has 4 nitrogen and oxygen atoms in total. The summed E-state index contributed by atoms with van der Waals surface area (Å²) in [6.07, 6.45) is 7.05. The number of rotatable bonds is 8. The molecule has 108 valence electrons. The Hall–Kier alpha value is -0.130. The third kappa shape index (κ3) is 5.67. The highest BCUT2D eigenvalue weighted by molar-refractivity contribution is 7.89. The first-order valence-electron chi connectivity index (χ1n) is 7.29. The Morgan fingerprint density at radius 2 is 1.83 bits per heavy atom. The summed E-state index contributed by atoms with van der Waals surface area (Å²) in [4.78, 5) is 0. The summed E-state index contributed by atoms with van der Waals surface area (Å²) in [6, 6.07) is 0.136. The molecule has 0 radical (unpaired) electrons. The van der Waals surface area contributed by atoms with Crippen molar-refractivity contribution in [1.82, 2.24) is 10.0 Å². The van der Waals surface area contributed by atoms with Crippen LogP contribution in [0.4, 0.5) is 0 Å². The van der Waals surface area contributed by atoms with E-state index in [9.17, 15) is 8.42 Å². The molecule has 1 saturated carbocycles. The van der Waals surface area contributed by atoms with Crippen molar-refractivity contribution in [2.45, 2.75) is 58.4 Å². The van der Waals surface area contributed by atoms with Crippen LogP contribution in [0.15, 0.2) is 0 Å². The number of sulfonamides is 1. The summed E-state index contributed by atoms with van der Waals surface area (Å²) in [7, 11) is -3.13. The van der Waals surface area contributed by atoms with E-state index in [1.54, 1.807) is 0 Å². The molecule has 0 aromatic rings. The fourth-order valence-corrected chi connectivity index (χ4v) is 4.07. The van der Waals surface area contributed by atoms with Gasteiger partial charge in [-0.3, -0.25) is 0 Å². The molecule has 1 unspecified atom stereocenters. The average Bonchev–Trinajstić information content (AvgIpc) is 2.37. The molecule has 2 N–H and O–H groups in total. The maximum absolute atomic E-state index is 12.0. The standard InChI is InChI=1S/C13H28N2O2S/c1-3-13(12-8-6-5-7-9-12)15-18(16,17)11-10-14-4-2/h12-15H,3-11H2,1-2H3. The van der Waals surface area contributed by atoms with E-state index >= 15 is 0 Å². The van der Waals surface area contributed by atoms with Gasteiger partial charge in [-0.1, -0.05) is 33.1 Å². The Morgan fingerprint density at radius 1 is 1.17 bits per heavy atom. The molecule has 5 heteroatoms. The normalized spacial score (nSPS) is 19.9. The Labute approximate surface area is 112 Å². The van der Waals surface area contributed by atoms with Crippen LogP contribution in [0.2, 0.25) is 0 Å². The number of nitrogens with one attached hydrogen (secondary N) is 2. The van der Waals surface area contributed by atoms with Crippen LogP contribution in [-0.4, -0.2) is 33.3 Å². The van der Waals surface area contributed by atoms with Crippen molar-refractivity contribution in [1.29, 1.82) is 0 Å². The van der Waals surface area contributed by atoms with E-state index in [0.717, 1.165) is 13.0 Å². The molecule has 18 heavy (non-hydrogen) atoms. The van der Waals surface area contributed by atoms with Crippen LogP contribution in [-0.2, 0) is 10.0 Å². The second-order valence-corrected chi connectivity index (χ2v) is 7.08. The third-order valence-electron chi connectivity index (χ3n) is 3.79. The van der Waals surface area contributed by atoms with E-state index in [1.807, 2.05) is 6.92 Å². The van der Waals surface area contributed by atoms with E-state index in [0.29, 0.717) is 12.5 Å². The predicted molar refractivity (Wildman–Crippen MR) is 76.1 cm³/mol. The molecule has 1 aliphatic rings.